The van der Waals surface area contributed by atoms with Gasteiger partial charge in [0.1, 0.15) is 12.7 Å². The van der Waals surface area contributed by atoms with Gasteiger partial charge in [-0.2, -0.15) is 24.7 Å². The maximum Gasteiger partial charge on any atom is 0.258 e. The monoisotopic (exact) mass is 260 g/mol. The van der Waals surface area contributed by atoms with Gasteiger partial charge in [-0.25, -0.2) is 4.98 Å². The Morgan fingerprint density at radius 3 is 2.68 bits per heavy atom. The van der Waals surface area contributed by atoms with Crippen molar-refractivity contribution < 1.29 is 0 Å². The zero-order valence-electron chi connectivity index (χ0n) is 11.0. The molecule has 0 spiro atoms. The zero-order valence-corrected chi connectivity index (χ0v) is 11.0. The van der Waals surface area contributed by atoms with E-state index in [1.807, 2.05) is 6.92 Å². The van der Waals surface area contributed by atoms with E-state index in [2.05, 4.69) is 42.6 Å². The quantitative estimate of drug-likeness (QED) is 0.823. The summed E-state index contributed by atoms with van der Waals surface area (Å²) in [4.78, 5) is 16.9. The molecular weight excluding hydrogens is 244 g/mol. The Morgan fingerprint density at radius 1 is 1.26 bits per heavy atom. The van der Waals surface area contributed by atoms with Crippen LogP contribution in [-0.2, 0) is 0 Å². The molecule has 0 radical (unpaired) electrons. The molecule has 0 saturated heterocycles. The summed E-state index contributed by atoms with van der Waals surface area (Å²) >= 11 is 0. The minimum Gasteiger partial charge on any atom is -0.354 e. The fourth-order valence-electron chi connectivity index (χ4n) is 1.65. The number of nitrogens with one attached hydrogen (secondary N) is 2. The van der Waals surface area contributed by atoms with Gasteiger partial charge < -0.3 is 10.6 Å². The fraction of sp³-hybridized carbons (Fsp3) is 0.545. The molecule has 0 bridgehead atoms. The topological polar surface area (TPSA) is 93.4 Å². The Hall–Kier alpha value is -2.25. The molecule has 3 rings (SSSR count). The average Bonchev–Trinajstić information content (AvgIpc) is 2.92. The van der Waals surface area contributed by atoms with Crippen LogP contribution >= 0.6 is 0 Å². The Morgan fingerprint density at radius 2 is 2.05 bits per heavy atom. The van der Waals surface area contributed by atoms with Gasteiger partial charge in [-0.05, 0) is 26.7 Å². The van der Waals surface area contributed by atoms with Crippen molar-refractivity contribution in [3.63, 3.8) is 0 Å². The standard InChI is InChI=1S/C11H16N8/c1-3-13-8-15-9(18-11(2)4-5-11)17-10(16-8)19-7-12-6-14-19/h6-7H,3-5H2,1-2H3,(H2,13,15,16,17,18). The lowest BCUT2D eigenvalue weighted by molar-refractivity contribution is 0.769. The van der Waals surface area contributed by atoms with Crippen LogP contribution in [0.25, 0.3) is 5.95 Å². The molecule has 0 amide bonds. The Kier molecular flexibility index (Phi) is 2.77. The second-order valence-electron chi connectivity index (χ2n) is 4.84. The van der Waals surface area contributed by atoms with Crippen molar-refractivity contribution in [1.82, 2.24) is 29.7 Å². The Balaban J connectivity index is 1.94. The molecule has 19 heavy (non-hydrogen) atoms. The van der Waals surface area contributed by atoms with Crippen molar-refractivity contribution >= 4 is 11.9 Å². The van der Waals surface area contributed by atoms with E-state index >= 15 is 0 Å². The molecule has 2 N–H and O–H groups in total. The normalized spacial score (nSPS) is 16.1. The third-order valence-corrected chi connectivity index (χ3v) is 3.00. The van der Waals surface area contributed by atoms with E-state index in [-0.39, 0.29) is 5.54 Å². The number of aromatic nitrogens is 6. The molecule has 0 aromatic carbocycles. The third-order valence-electron chi connectivity index (χ3n) is 3.00. The largest absolute Gasteiger partial charge is 0.354 e. The van der Waals surface area contributed by atoms with Crippen LogP contribution < -0.4 is 10.6 Å². The third kappa shape index (κ3) is 2.61. The highest BCUT2D eigenvalue weighted by Crippen LogP contribution is 2.37. The van der Waals surface area contributed by atoms with Crippen molar-refractivity contribution in [2.24, 2.45) is 0 Å². The second-order valence-corrected chi connectivity index (χ2v) is 4.84. The first-order valence-corrected chi connectivity index (χ1v) is 6.32. The molecule has 8 nitrogen and oxygen atoms in total. The molecule has 0 atom stereocenters. The van der Waals surface area contributed by atoms with E-state index in [1.165, 1.54) is 11.0 Å². The number of hydrogen-bond acceptors (Lipinski definition) is 7. The van der Waals surface area contributed by atoms with Gasteiger partial charge in [0, 0.05) is 12.1 Å². The van der Waals surface area contributed by atoms with Gasteiger partial charge >= 0.3 is 0 Å². The van der Waals surface area contributed by atoms with Crippen LogP contribution in [-0.4, -0.2) is 41.8 Å². The van der Waals surface area contributed by atoms with E-state index in [1.54, 1.807) is 6.33 Å². The lowest BCUT2D eigenvalue weighted by atomic mass is 10.3. The summed E-state index contributed by atoms with van der Waals surface area (Å²) in [5, 5.41) is 10.5. The number of hydrogen-bond donors (Lipinski definition) is 2. The maximum absolute atomic E-state index is 4.37. The molecule has 1 aliphatic carbocycles. The lowest BCUT2D eigenvalue weighted by Gasteiger charge is -2.13. The first kappa shape index (κ1) is 11.8. The summed E-state index contributed by atoms with van der Waals surface area (Å²) in [6, 6.07) is 0. The van der Waals surface area contributed by atoms with E-state index in [9.17, 15) is 0 Å². The van der Waals surface area contributed by atoms with E-state index in [4.69, 9.17) is 0 Å². The fourth-order valence-corrected chi connectivity index (χ4v) is 1.65. The SMILES string of the molecule is CCNc1nc(NC2(C)CC2)nc(-n2cncn2)n1. The predicted molar refractivity (Wildman–Crippen MR) is 70.2 cm³/mol. The van der Waals surface area contributed by atoms with Crippen LogP contribution in [0, 0.1) is 0 Å². The summed E-state index contributed by atoms with van der Waals surface area (Å²) in [6.07, 6.45) is 5.28. The Bertz CT molecular complexity index is 560. The van der Waals surface area contributed by atoms with Gasteiger partial charge in [0.25, 0.3) is 5.95 Å². The molecule has 8 heteroatoms. The average molecular weight is 260 g/mol. The minimum atomic E-state index is 0.116. The van der Waals surface area contributed by atoms with E-state index in [0.717, 1.165) is 19.4 Å². The number of nitrogens with zero attached hydrogens (tertiary/aromatic N) is 6. The van der Waals surface area contributed by atoms with Gasteiger partial charge in [0.2, 0.25) is 11.9 Å². The van der Waals surface area contributed by atoms with Crippen molar-refractivity contribution in [2.75, 3.05) is 17.2 Å². The highest BCUT2D eigenvalue weighted by Gasteiger charge is 2.38. The van der Waals surface area contributed by atoms with E-state index in [0.29, 0.717) is 17.8 Å². The molecule has 2 aromatic rings. The molecule has 100 valence electrons. The first-order chi connectivity index (χ1) is 9.18. The van der Waals surface area contributed by atoms with Gasteiger partial charge in [-0.3, -0.25) is 0 Å². The smallest absolute Gasteiger partial charge is 0.258 e. The van der Waals surface area contributed by atoms with Gasteiger partial charge in [0.15, 0.2) is 0 Å². The van der Waals surface area contributed by atoms with Crippen molar-refractivity contribution in [1.29, 1.82) is 0 Å². The predicted octanol–water partition coefficient (Wildman–Crippen LogP) is 0.848. The van der Waals surface area contributed by atoms with Crippen LogP contribution in [0.15, 0.2) is 12.7 Å². The number of anilines is 2. The maximum atomic E-state index is 4.37. The lowest BCUT2D eigenvalue weighted by Crippen LogP contribution is -2.20. The van der Waals surface area contributed by atoms with Crippen LogP contribution in [0.4, 0.5) is 11.9 Å². The zero-order chi connectivity index (χ0) is 13.3. The van der Waals surface area contributed by atoms with Gasteiger partial charge in [-0.15, -0.1) is 0 Å². The van der Waals surface area contributed by atoms with Crippen molar-refractivity contribution in [2.45, 2.75) is 32.2 Å². The van der Waals surface area contributed by atoms with E-state index < -0.39 is 0 Å². The van der Waals surface area contributed by atoms with Crippen molar-refractivity contribution in [3.05, 3.63) is 12.7 Å². The first-order valence-electron chi connectivity index (χ1n) is 6.32. The van der Waals surface area contributed by atoms with Crippen LogP contribution in [0.1, 0.15) is 26.7 Å². The molecular formula is C11H16N8. The molecule has 1 saturated carbocycles. The van der Waals surface area contributed by atoms with Crippen LogP contribution in [0.5, 0.6) is 0 Å². The van der Waals surface area contributed by atoms with Crippen LogP contribution in [0.2, 0.25) is 0 Å². The minimum absolute atomic E-state index is 0.116. The second kappa shape index (κ2) is 4.45. The summed E-state index contributed by atoms with van der Waals surface area (Å²) < 4.78 is 1.52. The van der Waals surface area contributed by atoms with Crippen LogP contribution in [0.3, 0.4) is 0 Å². The number of rotatable bonds is 5. The summed E-state index contributed by atoms with van der Waals surface area (Å²) in [5.74, 6) is 1.56. The summed E-state index contributed by atoms with van der Waals surface area (Å²) in [5.41, 5.74) is 0.116. The van der Waals surface area contributed by atoms with Gasteiger partial charge in [0.05, 0.1) is 0 Å². The molecule has 0 aliphatic heterocycles. The molecule has 2 aromatic heterocycles. The summed E-state index contributed by atoms with van der Waals surface area (Å²) in [6.45, 7) is 4.89. The molecule has 2 heterocycles. The Labute approximate surface area is 110 Å². The van der Waals surface area contributed by atoms with Crippen molar-refractivity contribution in [3.8, 4) is 5.95 Å². The highest BCUT2D eigenvalue weighted by molar-refractivity contribution is 5.40. The summed E-state index contributed by atoms with van der Waals surface area (Å²) in [7, 11) is 0. The highest BCUT2D eigenvalue weighted by atomic mass is 15.4. The molecule has 1 aliphatic rings. The molecule has 0 unspecified atom stereocenters. The molecule has 1 fully saturated rings. The van der Waals surface area contributed by atoms with Gasteiger partial charge in [-0.1, -0.05) is 0 Å².